The van der Waals surface area contributed by atoms with E-state index in [1.165, 1.54) is 12.3 Å². The smallest absolute Gasteiger partial charge is 0.321 e. The van der Waals surface area contributed by atoms with Crippen LogP contribution < -0.4 is 5.32 Å². The fourth-order valence-electron chi connectivity index (χ4n) is 2.79. The van der Waals surface area contributed by atoms with Gasteiger partial charge in [-0.25, -0.2) is 9.18 Å². The zero-order chi connectivity index (χ0) is 16.9. The summed E-state index contributed by atoms with van der Waals surface area (Å²) in [7, 11) is 0. The number of hydrogen-bond acceptors (Lipinski definition) is 3. The fraction of sp³-hybridized carbons (Fsp3) is 0.353. The lowest BCUT2D eigenvalue weighted by Crippen LogP contribution is -2.41. The van der Waals surface area contributed by atoms with E-state index < -0.39 is 0 Å². The minimum Gasteiger partial charge on any atom is -0.323 e. The van der Waals surface area contributed by atoms with E-state index >= 15 is 0 Å². The van der Waals surface area contributed by atoms with E-state index in [2.05, 4.69) is 16.5 Å². The lowest BCUT2D eigenvalue weighted by atomic mass is 10.0. The van der Waals surface area contributed by atoms with Crippen molar-refractivity contribution >= 4 is 11.7 Å². The van der Waals surface area contributed by atoms with Crippen molar-refractivity contribution in [2.75, 3.05) is 18.4 Å². The second-order valence-corrected chi connectivity index (χ2v) is 5.86. The van der Waals surface area contributed by atoms with Crippen LogP contribution in [0.15, 0.2) is 36.7 Å². The van der Waals surface area contributed by atoms with E-state index in [0.717, 1.165) is 12.8 Å². The number of benzene rings is 1. The molecule has 1 atom stereocenters. The number of hydrogen-bond donors (Lipinski definition) is 1. The molecular weight excluding hydrogens is 309 g/mol. The Morgan fingerprint density at radius 1 is 1.46 bits per heavy atom. The molecule has 1 aromatic heterocycles. The molecule has 0 aliphatic carbocycles. The highest BCUT2D eigenvalue weighted by atomic mass is 19.1. The number of nitrogens with one attached hydrogen (secondary N) is 1. The van der Waals surface area contributed by atoms with Crippen LogP contribution >= 0.6 is 0 Å². The number of anilines is 1. The molecule has 2 aromatic rings. The molecule has 0 spiro atoms. The molecule has 3 rings (SSSR count). The van der Waals surface area contributed by atoms with Crippen molar-refractivity contribution < 1.29 is 9.18 Å². The molecule has 24 heavy (non-hydrogen) atoms. The third-order valence-electron chi connectivity index (χ3n) is 4.07. The first-order chi connectivity index (χ1) is 11.7. The highest BCUT2D eigenvalue weighted by Crippen LogP contribution is 2.17. The molecular formula is C17H18FN5O. The van der Waals surface area contributed by atoms with Crippen molar-refractivity contribution in [1.82, 2.24) is 14.7 Å². The molecule has 1 aliphatic heterocycles. The van der Waals surface area contributed by atoms with Gasteiger partial charge in [-0.2, -0.15) is 10.4 Å². The summed E-state index contributed by atoms with van der Waals surface area (Å²) < 4.78 is 15.2. The Bertz CT molecular complexity index is 766. The number of nitrogens with zero attached hydrogens (tertiary/aromatic N) is 4. The summed E-state index contributed by atoms with van der Waals surface area (Å²) in [6.45, 7) is 1.39. The number of nitriles is 1. The van der Waals surface area contributed by atoms with Gasteiger partial charge >= 0.3 is 6.03 Å². The van der Waals surface area contributed by atoms with Crippen LogP contribution in [0.3, 0.4) is 0 Å². The topological polar surface area (TPSA) is 74.0 Å². The fourth-order valence-corrected chi connectivity index (χ4v) is 2.79. The van der Waals surface area contributed by atoms with E-state index in [9.17, 15) is 9.18 Å². The molecule has 0 bridgehead atoms. The largest absolute Gasteiger partial charge is 0.323 e. The summed E-state index contributed by atoms with van der Waals surface area (Å²) in [5.41, 5.74) is 1.08. The first-order valence-corrected chi connectivity index (χ1v) is 7.87. The second kappa shape index (κ2) is 7.13. The Hall–Kier alpha value is -2.88. The van der Waals surface area contributed by atoms with Gasteiger partial charge in [-0.3, -0.25) is 4.68 Å². The van der Waals surface area contributed by atoms with E-state index in [0.29, 0.717) is 30.9 Å². The first-order valence-electron chi connectivity index (χ1n) is 7.87. The molecule has 1 aliphatic rings. The van der Waals surface area contributed by atoms with Gasteiger partial charge in [-0.1, -0.05) is 18.2 Å². The summed E-state index contributed by atoms with van der Waals surface area (Å²) in [4.78, 5) is 13.9. The molecule has 1 fully saturated rings. The summed E-state index contributed by atoms with van der Waals surface area (Å²) in [5, 5.41) is 15.9. The normalized spacial score (nSPS) is 17.3. The summed E-state index contributed by atoms with van der Waals surface area (Å²) >= 11 is 0. The summed E-state index contributed by atoms with van der Waals surface area (Å²) in [5.74, 6) is -0.386. The average molecular weight is 327 g/mol. The molecule has 2 amide bonds. The first kappa shape index (κ1) is 16.0. The molecule has 2 heterocycles. The maximum absolute atomic E-state index is 13.7. The van der Waals surface area contributed by atoms with Crippen molar-refractivity contribution in [3.8, 4) is 6.07 Å². The molecule has 1 aromatic carbocycles. The predicted octanol–water partition coefficient (Wildman–Crippen LogP) is 2.84. The predicted molar refractivity (Wildman–Crippen MR) is 86.7 cm³/mol. The van der Waals surface area contributed by atoms with Crippen LogP contribution in [0, 0.1) is 23.1 Å². The minimum absolute atomic E-state index is 0.103. The molecule has 0 saturated carbocycles. The van der Waals surface area contributed by atoms with Gasteiger partial charge in [0.15, 0.2) is 0 Å². The monoisotopic (exact) mass is 327 g/mol. The van der Waals surface area contributed by atoms with Crippen molar-refractivity contribution in [3.05, 3.63) is 48.0 Å². The lowest BCUT2D eigenvalue weighted by molar-refractivity contribution is 0.189. The average Bonchev–Trinajstić information content (AvgIpc) is 3.04. The van der Waals surface area contributed by atoms with Gasteiger partial charge in [0.05, 0.1) is 30.4 Å². The molecule has 1 N–H and O–H groups in total. The number of rotatable bonds is 3. The zero-order valence-electron chi connectivity index (χ0n) is 13.2. The highest BCUT2D eigenvalue weighted by molar-refractivity contribution is 5.89. The van der Waals surface area contributed by atoms with Gasteiger partial charge < -0.3 is 10.2 Å². The minimum atomic E-state index is -0.283. The second-order valence-electron chi connectivity index (χ2n) is 5.86. The van der Waals surface area contributed by atoms with Crippen LogP contribution in [0.25, 0.3) is 0 Å². The van der Waals surface area contributed by atoms with Crippen LogP contribution in [0.1, 0.15) is 18.4 Å². The Balaban J connectivity index is 1.61. The Morgan fingerprint density at radius 2 is 2.29 bits per heavy atom. The maximum Gasteiger partial charge on any atom is 0.321 e. The molecule has 124 valence electrons. The molecule has 1 unspecified atom stereocenters. The van der Waals surface area contributed by atoms with Crippen LogP contribution in [-0.2, 0) is 6.54 Å². The van der Waals surface area contributed by atoms with Gasteiger partial charge in [0.2, 0.25) is 0 Å². The zero-order valence-corrected chi connectivity index (χ0v) is 13.2. The number of carbonyl (C=O) groups excluding carboxylic acids is 1. The van der Waals surface area contributed by atoms with Crippen molar-refractivity contribution in [2.24, 2.45) is 5.92 Å². The highest BCUT2D eigenvalue weighted by Gasteiger charge is 2.23. The van der Waals surface area contributed by atoms with Crippen LogP contribution in [-0.4, -0.2) is 33.8 Å². The van der Waals surface area contributed by atoms with Crippen molar-refractivity contribution in [1.29, 1.82) is 5.26 Å². The van der Waals surface area contributed by atoms with E-state index in [1.54, 1.807) is 34.0 Å². The van der Waals surface area contributed by atoms with Gasteiger partial charge in [0.25, 0.3) is 0 Å². The van der Waals surface area contributed by atoms with Gasteiger partial charge in [0.1, 0.15) is 5.82 Å². The Morgan fingerprint density at radius 3 is 3.08 bits per heavy atom. The third kappa shape index (κ3) is 3.71. The third-order valence-corrected chi connectivity index (χ3v) is 4.07. The van der Waals surface area contributed by atoms with E-state index in [4.69, 9.17) is 5.26 Å². The van der Waals surface area contributed by atoms with Crippen molar-refractivity contribution in [3.63, 3.8) is 0 Å². The summed E-state index contributed by atoms with van der Waals surface area (Å²) in [6.07, 6.45) is 4.86. The van der Waals surface area contributed by atoms with Gasteiger partial charge in [-0.15, -0.1) is 0 Å². The number of likely N-dealkylation sites (tertiary alicyclic amines) is 1. The number of aromatic nitrogens is 2. The van der Waals surface area contributed by atoms with Crippen LogP contribution in [0.4, 0.5) is 14.9 Å². The van der Waals surface area contributed by atoms with Gasteiger partial charge in [-0.05, 0) is 18.9 Å². The van der Waals surface area contributed by atoms with E-state index in [1.807, 2.05) is 0 Å². The van der Waals surface area contributed by atoms with Crippen LogP contribution in [0.2, 0.25) is 0 Å². The Labute approximate surface area is 139 Å². The molecule has 1 saturated heterocycles. The number of carbonyl (C=O) groups is 1. The number of urea groups is 1. The van der Waals surface area contributed by atoms with E-state index in [-0.39, 0.29) is 17.8 Å². The lowest BCUT2D eigenvalue weighted by Gasteiger charge is -2.29. The maximum atomic E-state index is 13.7. The van der Waals surface area contributed by atoms with Crippen molar-refractivity contribution in [2.45, 2.75) is 19.4 Å². The standard InChI is InChI=1S/C17H18FN5O/c18-16-6-2-1-5-14(16)11-23-12-15(9-20-23)21-17(24)22-7-3-4-13(8-19)10-22/h1-2,5-6,9,12-13H,3-4,7,10-11H2,(H,21,24). The number of halogens is 1. The quantitative estimate of drug-likeness (QED) is 0.942. The summed E-state index contributed by atoms with van der Waals surface area (Å²) in [6, 6.07) is 8.50. The van der Waals surface area contributed by atoms with Gasteiger partial charge in [0, 0.05) is 24.8 Å². The Kier molecular flexibility index (Phi) is 4.75. The number of amides is 2. The molecule has 7 heteroatoms. The SMILES string of the molecule is N#CC1CCCN(C(=O)Nc2cnn(Cc3ccccc3F)c2)C1. The number of piperidine rings is 1. The molecule has 6 nitrogen and oxygen atoms in total. The van der Waals surface area contributed by atoms with Crippen LogP contribution in [0.5, 0.6) is 0 Å². The molecule has 0 radical (unpaired) electrons.